The molecule has 0 radical (unpaired) electrons. The van der Waals surface area contributed by atoms with E-state index in [0.717, 1.165) is 22.3 Å². The summed E-state index contributed by atoms with van der Waals surface area (Å²) in [6.07, 6.45) is -0.815. The zero-order valence-corrected chi connectivity index (χ0v) is 25.4. The first kappa shape index (κ1) is 31.4. The molecule has 5 N–H and O–H groups in total. The normalized spacial score (nSPS) is 12.6. The Hall–Kier alpha value is -4.58. The number of methoxy groups -OCH3 is 1. The van der Waals surface area contributed by atoms with Gasteiger partial charge in [0.25, 0.3) is 10.0 Å². The van der Waals surface area contributed by atoms with Crippen molar-refractivity contribution in [3.8, 4) is 16.9 Å². The molecule has 3 aromatic carbocycles. The van der Waals surface area contributed by atoms with Crippen molar-refractivity contribution in [2.45, 2.75) is 57.6 Å². The minimum Gasteiger partial charge on any atom is -0.496 e. The Kier molecular flexibility index (Phi) is 9.29. The van der Waals surface area contributed by atoms with E-state index in [0.29, 0.717) is 38.7 Å². The van der Waals surface area contributed by atoms with Crippen molar-refractivity contribution in [1.29, 1.82) is 0 Å². The molecule has 11 nitrogen and oxygen atoms in total. The Morgan fingerprint density at radius 1 is 1.05 bits per heavy atom. The van der Waals surface area contributed by atoms with E-state index in [1.807, 2.05) is 42.5 Å². The minimum atomic E-state index is -4.73. The summed E-state index contributed by atoms with van der Waals surface area (Å²) < 4.78 is 39.8. The second kappa shape index (κ2) is 12.7. The SMILES string of the molecule is COc1cc(C)c(S(=O)(=O)N(C(=O)OCc2cccc3c2Cc2ccccc2-3)C(CCCN=C(N)N)C(=O)O)c(C)c1C. The molecule has 1 aliphatic rings. The van der Waals surface area contributed by atoms with Gasteiger partial charge in [-0.2, -0.15) is 4.31 Å². The van der Waals surface area contributed by atoms with E-state index in [-0.39, 0.29) is 36.8 Å². The number of fused-ring (bicyclic) bond motifs is 3. The standard InChI is InChI=1S/C31H36N4O7S/c1-18-15-27(41-4)19(2)20(3)28(18)43(39,40)35(26(29(36)37)13-8-14-34-30(32)33)31(38)42-17-22-10-7-12-24-23-11-6-5-9-21(23)16-25(22)24/h5-7,9-12,15,26H,8,13-14,16-17H2,1-4H3,(H,36,37)(H4,32,33,34). The number of aliphatic imine (C=N–C) groups is 1. The molecule has 0 bridgehead atoms. The molecule has 1 aliphatic carbocycles. The number of hydrogen-bond donors (Lipinski definition) is 3. The number of nitrogens with zero attached hydrogens (tertiary/aromatic N) is 2. The summed E-state index contributed by atoms with van der Waals surface area (Å²) in [5.74, 6) is -1.23. The van der Waals surface area contributed by atoms with Crippen molar-refractivity contribution in [2.24, 2.45) is 16.5 Å². The third-order valence-electron chi connectivity index (χ3n) is 7.69. The smallest absolute Gasteiger partial charge is 0.425 e. The first-order valence-corrected chi connectivity index (χ1v) is 15.2. The van der Waals surface area contributed by atoms with Gasteiger partial charge >= 0.3 is 12.1 Å². The Balaban J connectivity index is 1.72. The zero-order valence-electron chi connectivity index (χ0n) is 24.6. The lowest BCUT2D eigenvalue weighted by molar-refractivity contribution is -0.141. The van der Waals surface area contributed by atoms with Gasteiger partial charge in [-0.25, -0.2) is 18.0 Å². The van der Waals surface area contributed by atoms with Crippen LogP contribution in [-0.4, -0.2) is 55.5 Å². The lowest BCUT2D eigenvalue weighted by Crippen LogP contribution is -2.49. The monoisotopic (exact) mass is 608 g/mol. The molecular weight excluding hydrogens is 572 g/mol. The van der Waals surface area contributed by atoms with E-state index in [2.05, 4.69) is 4.99 Å². The van der Waals surface area contributed by atoms with Crippen LogP contribution in [-0.2, 0) is 32.6 Å². The third-order valence-corrected chi connectivity index (χ3v) is 9.76. The Labute approximate surface area is 251 Å². The number of carboxylic acid groups (broad SMARTS) is 1. The molecule has 0 saturated carbocycles. The maximum Gasteiger partial charge on any atom is 0.425 e. The van der Waals surface area contributed by atoms with Gasteiger partial charge in [-0.1, -0.05) is 42.5 Å². The van der Waals surface area contributed by atoms with E-state index in [1.54, 1.807) is 20.8 Å². The lowest BCUT2D eigenvalue weighted by atomic mass is 10.0. The van der Waals surface area contributed by atoms with E-state index >= 15 is 0 Å². The van der Waals surface area contributed by atoms with E-state index in [1.165, 1.54) is 13.2 Å². The summed E-state index contributed by atoms with van der Waals surface area (Å²) in [5, 5.41) is 10.2. The number of hydrogen-bond acceptors (Lipinski definition) is 7. The van der Waals surface area contributed by atoms with Gasteiger partial charge < -0.3 is 26.0 Å². The number of amides is 1. The topological polar surface area (TPSA) is 175 Å². The van der Waals surface area contributed by atoms with Crippen LogP contribution < -0.4 is 16.2 Å². The fourth-order valence-electron chi connectivity index (χ4n) is 5.52. The molecule has 1 unspecified atom stereocenters. The largest absolute Gasteiger partial charge is 0.496 e. The third kappa shape index (κ3) is 6.29. The van der Waals surface area contributed by atoms with Crippen molar-refractivity contribution in [3.63, 3.8) is 0 Å². The molecule has 0 aliphatic heterocycles. The van der Waals surface area contributed by atoms with Crippen molar-refractivity contribution in [1.82, 2.24) is 4.31 Å². The summed E-state index contributed by atoms with van der Waals surface area (Å²) in [4.78, 5) is 29.9. The zero-order chi connectivity index (χ0) is 31.5. The average molecular weight is 609 g/mol. The number of sulfonamides is 1. The molecular formula is C31H36N4O7S. The van der Waals surface area contributed by atoms with Gasteiger partial charge in [0.2, 0.25) is 0 Å². The van der Waals surface area contributed by atoms with Crippen LogP contribution >= 0.6 is 0 Å². The molecule has 4 rings (SSSR count). The van der Waals surface area contributed by atoms with Gasteiger partial charge in [-0.15, -0.1) is 0 Å². The molecule has 0 fully saturated rings. The fourth-order valence-corrected chi connectivity index (χ4v) is 7.50. The number of rotatable bonds is 11. The summed E-state index contributed by atoms with van der Waals surface area (Å²) >= 11 is 0. The van der Waals surface area contributed by atoms with Gasteiger partial charge in [-0.3, -0.25) is 4.99 Å². The van der Waals surface area contributed by atoms with Gasteiger partial charge in [0, 0.05) is 6.54 Å². The Morgan fingerprint density at radius 2 is 1.74 bits per heavy atom. The molecule has 0 spiro atoms. The van der Waals surface area contributed by atoms with Crippen molar-refractivity contribution in [3.05, 3.63) is 81.9 Å². The highest BCUT2D eigenvalue weighted by Crippen LogP contribution is 2.39. The number of nitrogens with two attached hydrogens (primary N) is 2. The summed E-state index contributed by atoms with van der Waals surface area (Å²) in [6.45, 7) is 4.63. The first-order valence-electron chi connectivity index (χ1n) is 13.7. The molecule has 1 atom stereocenters. The molecule has 0 saturated heterocycles. The van der Waals surface area contributed by atoms with E-state index in [9.17, 15) is 23.1 Å². The number of carboxylic acids is 1. The molecule has 1 amide bonds. The quantitative estimate of drug-likeness (QED) is 0.129. The molecule has 0 aromatic heterocycles. The van der Waals surface area contributed by atoms with Crippen molar-refractivity contribution in [2.75, 3.05) is 13.7 Å². The number of aryl methyl sites for hydroxylation is 1. The second-order valence-electron chi connectivity index (χ2n) is 10.4. The number of aliphatic carboxylic acids is 1. The van der Waals surface area contributed by atoms with Crippen LogP contribution in [0.5, 0.6) is 5.75 Å². The Bertz CT molecular complexity index is 1700. The van der Waals surface area contributed by atoms with Crippen molar-refractivity contribution >= 4 is 28.0 Å². The van der Waals surface area contributed by atoms with Gasteiger partial charge in [0.1, 0.15) is 18.4 Å². The number of benzene rings is 3. The highest BCUT2D eigenvalue weighted by atomic mass is 32.2. The number of guanidine groups is 1. The van der Waals surface area contributed by atoms with E-state index < -0.39 is 28.1 Å². The molecule has 0 heterocycles. The van der Waals surface area contributed by atoms with Crippen molar-refractivity contribution < 1.29 is 32.6 Å². The van der Waals surface area contributed by atoms with E-state index in [4.69, 9.17) is 20.9 Å². The molecule has 43 heavy (non-hydrogen) atoms. The fraction of sp³-hybridized carbons (Fsp3) is 0.323. The summed E-state index contributed by atoms with van der Waals surface area (Å²) in [5.41, 5.74) is 16.8. The maximum atomic E-state index is 14.3. The average Bonchev–Trinajstić information content (AvgIpc) is 3.34. The number of carbonyl (C=O) groups excluding carboxylic acids is 1. The van der Waals surface area contributed by atoms with Gasteiger partial charge in [0.05, 0.1) is 12.0 Å². The van der Waals surface area contributed by atoms with Gasteiger partial charge in [-0.05, 0) is 90.6 Å². The number of ether oxygens (including phenoxy) is 2. The van der Waals surface area contributed by atoms with Crippen LogP contribution in [0, 0.1) is 20.8 Å². The van der Waals surface area contributed by atoms with Crippen LogP contribution in [0.15, 0.2) is 58.4 Å². The van der Waals surface area contributed by atoms with Crippen LogP contribution in [0.1, 0.15) is 46.2 Å². The van der Waals surface area contributed by atoms with Crippen LogP contribution in [0.4, 0.5) is 4.79 Å². The summed E-state index contributed by atoms with van der Waals surface area (Å²) in [6, 6.07) is 13.4. The van der Waals surface area contributed by atoms with Crippen LogP contribution in [0.25, 0.3) is 11.1 Å². The number of carbonyl (C=O) groups is 2. The summed E-state index contributed by atoms with van der Waals surface area (Å²) in [7, 11) is -3.26. The second-order valence-corrected chi connectivity index (χ2v) is 12.2. The molecule has 3 aromatic rings. The van der Waals surface area contributed by atoms with Crippen LogP contribution in [0.2, 0.25) is 0 Å². The van der Waals surface area contributed by atoms with Crippen LogP contribution in [0.3, 0.4) is 0 Å². The maximum absolute atomic E-state index is 14.3. The lowest BCUT2D eigenvalue weighted by Gasteiger charge is -2.29. The predicted octanol–water partition coefficient (Wildman–Crippen LogP) is 4.03. The molecule has 228 valence electrons. The molecule has 12 heteroatoms. The first-order chi connectivity index (χ1) is 20.4. The Morgan fingerprint density at radius 3 is 2.42 bits per heavy atom. The highest BCUT2D eigenvalue weighted by molar-refractivity contribution is 7.89. The van der Waals surface area contributed by atoms with Gasteiger partial charge in [0.15, 0.2) is 5.96 Å². The highest BCUT2D eigenvalue weighted by Gasteiger charge is 2.42. The predicted molar refractivity (Wildman–Crippen MR) is 162 cm³/mol. The minimum absolute atomic E-state index is 0.0471.